The van der Waals surface area contributed by atoms with Crippen LogP contribution in [0.15, 0.2) is 30.6 Å². The lowest BCUT2D eigenvalue weighted by Crippen LogP contribution is -2.26. The van der Waals surface area contributed by atoms with E-state index in [4.69, 9.17) is 19.2 Å². The van der Waals surface area contributed by atoms with Gasteiger partial charge in [-0.1, -0.05) is 0 Å². The minimum Gasteiger partial charge on any atom is -0.493 e. The van der Waals surface area contributed by atoms with Crippen LogP contribution in [0.25, 0.3) is 22.3 Å². The van der Waals surface area contributed by atoms with Crippen LogP contribution in [0.5, 0.6) is 17.4 Å². The number of methoxy groups -OCH3 is 2. The molecule has 3 aromatic rings. The van der Waals surface area contributed by atoms with E-state index in [1.807, 2.05) is 37.5 Å². The van der Waals surface area contributed by atoms with Crippen LogP contribution in [0.1, 0.15) is 46.1 Å². The Bertz CT molecular complexity index is 1180. The minimum absolute atomic E-state index is 0.0601. The number of benzene rings is 1. The van der Waals surface area contributed by atoms with Gasteiger partial charge in [-0.25, -0.2) is 9.97 Å². The Hall–Kier alpha value is -3.33. The van der Waals surface area contributed by atoms with Gasteiger partial charge in [-0.15, -0.1) is 0 Å². The summed E-state index contributed by atoms with van der Waals surface area (Å²) in [7, 11) is 3.21. The second-order valence-electron chi connectivity index (χ2n) is 9.54. The average Bonchev–Trinajstić information content (AvgIpc) is 3.66. The maximum atomic E-state index is 11.7. The zero-order valence-electron chi connectivity index (χ0n) is 21.8. The zero-order valence-corrected chi connectivity index (χ0v) is 21.8. The van der Waals surface area contributed by atoms with Crippen molar-refractivity contribution in [1.29, 1.82) is 0 Å². The van der Waals surface area contributed by atoms with E-state index in [2.05, 4.69) is 34.0 Å². The van der Waals surface area contributed by atoms with Gasteiger partial charge in [0.1, 0.15) is 11.6 Å². The number of pyridine rings is 1. The molecule has 5 rings (SSSR count). The summed E-state index contributed by atoms with van der Waals surface area (Å²) >= 11 is 0. The van der Waals surface area contributed by atoms with Crippen LogP contribution in [-0.4, -0.2) is 60.4 Å². The predicted molar refractivity (Wildman–Crippen MR) is 140 cm³/mol. The molecule has 2 fully saturated rings. The summed E-state index contributed by atoms with van der Waals surface area (Å²) in [6, 6.07) is 7.83. The van der Waals surface area contributed by atoms with Crippen molar-refractivity contribution < 1.29 is 19.0 Å². The van der Waals surface area contributed by atoms with Gasteiger partial charge in [0.15, 0.2) is 11.5 Å². The van der Waals surface area contributed by atoms with Crippen molar-refractivity contribution in [3.63, 3.8) is 0 Å². The van der Waals surface area contributed by atoms with E-state index in [1.165, 1.54) is 25.9 Å². The van der Waals surface area contributed by atoms with Crippen molar-refractivity contribution in [1.82, 2.24) is 25.2 Å². The SMILES string of the molecule is C1CCNC1.COc1ccc(-c2cc3ncn(C(C)C)c3c(O[C@H](C)[C@H]3CNC(=O)C3)n2)cc1OC. The first-order valence-corrected chi connectivity index (χ1v) is 12.6. The Kier molecular flexibility index (Phi) is 8.30. The first kappa shape index (κ1) is 25.8. The quantitative estimate of drug-likeness (QED) is 0.512. The number of nitrogens with one attached hydrogen (secondary N) is 2. The fourth-order valence-corrected chi connectivity index (χ4v) is 4.50. The normalized spacial score (nSPS) is 18.1. The standard InChI is InChI=1S/C23H28N4O4.C4H9N/c1-13(2)27-12-25-18-10-17(15-6-7-19(29-4)20(8-15)30-5)26-23(22(18)27)31-14(3)16-9-21(28)24-11-16;1-2-4-5-3-1/h6-8,10,12-14,16H,9,11H2,1-5H3,(H,24,28);5H,1-4H2/t14-,16-;/m1./s1. The number of carbonyl (C=O) groups is 1. The summed E-state index contributed by atoms with van der Waals surface area (Å²) in [5.41, 5.74) is 3.25. The monoisotopic (exact) mass is 495 g/mol. The Labute approximate surface area is 212 Å². The van der Waals surface area contributed by atoms with Gasteiger partial charge in [0.2, 0.25) is 11.8 Å². The van der Waals surface area contributed by atoms with Gasteiger partial charge in [0.05, 0.1) is 31.8 Å². The summed E-state index contributed by atoms with van der Waals surface area (Å²) in [5, 5.41) is 6.10. The fraction of sp³-hybridized carbons (Fsp3) is 0.519. The fourth-order valence-electron chi connectivity index (χ4n) is 4.50. The second kappa shape index (κ2) is 11.6. The number of aromatic nitrogens is 3. The number of amides is 1. The molecule has 0 aliphatic carbocycles. The molecule has 0 saturated carbocycles. The number of nitrogens with zero attached hydrogens (tertiary/aromatic N) is 3. The van der Waals surface area contributed by atoms with E-state index in [-0.39, 0.29) is 24.0 Å². The van der Waals surface area contributed by atoms with Crippen LogP contribution in [-0.2, 0) is 4.79 Å². The summed E-state index contributed by atoms with van der Waals surface area (Å²) in [6.45, 7) is 9.28. The highest BCUT2D eigenvalue weighted by Crippen LogP contribution is 2.35. The van der Waals surface area contributed by atoms with Crippen molar-refractivity contribution in [2.45, 2.75) is 52.2 Å². The molecule has 36 heavy (non-hydrogen) atoms. The highest BCUT2D eigenvalue weighted by molar-refractivity contribution is 5.85. The molecule has 2 N–H and O–H groups in total. The smallest absolute Gasteiger partial charge is 0.241 e. The van der Waals surface area contributed by atoms with Crippen LogP contribution in [0.3, 0.4) is 0 Å². The molecule has 1 aromatic carbocycles. The average molecular weight is 496 g/mol. The van der Waals surface area contributed by atoms with Crippen molar-refractivity contribution in [2.75, 3.05) is 33.9 Å². The first-order chi connectivity index (χ1) is 17.4. The van der Waals surface area contributed by atoms with Crippen LogP contribution in [0.4, 0.5) is 0 Å². The van der Waals surface area contributed by atoms with Crippen LogP contribution >= 0.6 is 0 Å². The lowest BCUT2D eigenvalue weighted by Gasteiger charge is -2.21. The summed E-state index contributed by atoms with van der Waals surface area (Å²) in [6.07, 6.45) is 4.88. The molecule has 0 radical (unpaired) electrons. The molecule has 2 aromatic heterocycles. The highest BCUT2D eigenvalue weighted by atomic mass is 16.5. The summed E-state index contributed by atoms with van der Waals surface area (Å²) in [4.78, 5) is 21.1. The van der Waals surface area contributed by atoms with Crippen LogP contribution in [0.2, 0.25) is 0 Å². The zero-order chi connectivity index (χ0) is 25.7. The minimum atomic E-state index is -0.175. The molecule has 194 valence electrons. The number of hydrogen-bond donors (Lipinski definition) is 2. The van der Waals surface area contributed by atoms with Gasteiger partial charge in [-0.05, 0) is 71.0 Å². The van der Waals surface area contributed by atoms with Gasteiger partial charge < -0.3 is 29.4 Å². The van der Waals surface area contributed by atoms with Crippen LogP contribution < -0.4 is 24.8 Å². The molecular weight excluding hydrogens is 458 g/mol. The van der Waals surface area contributed by atoms with Gasteiger partial charge in [0, 0.05) is 30.5 Å². The van der Waals surface area contributed by atoms with Crippen molar-refractivity contribution in [3.8, 4) is 28.6 Å². The van der Waals surface area contributed by atoms with Crippen LogP contribution in [0, 0.1) is 5.92 Å². The van der Waals surface area contributed by atoms with Gasteiger partial charge in [-0.2, -0.15) is 0 Å². The van der Waals surface area contributed by atoms with E-state index in [0.717, 1.165) is 22.3 Å². The van der Waals surface area contributed by atoms with E-state index in [0.29, 0.717) is 30.3 Å². The van der Waals surface area contributed by atoms with Gasteiger partial charge >= 0.3 is 0 Å². The molecule has 1 amide bonds. The number of rotatable bonds is 7. The van der Waals surface area contributed by atoms with Crippen molar-refractivity contribution in [2.24, 2.45) is 5.92 Å². The lowest BCUT2D eigenvalue weighted by atomic mass is 10.0. The molecule has 2 atom stereocenters. The van der Waals surface area contributed by atoms with E-state index >= 15 is 0 Å². The lowest BCUT2D eigenvalue weighted by molar-refractivity contribution is -0.119. The molecular formula is C27H37N5O4. The Morgan fingerprint density at radius 3 is 2.39 bits per heavy atom. The number of imidazole rings is 1. The third-order valence-corrected chi connectivity index (χ3v) is 6.68. The highest BCUT2D eigenvalue weighted by Gasteiger charge is 2.29. The predicted octanol–water partition coefficient (Wildman–Crippen LogP) is 3.97. The molecule has 2 aliphatic rings. The first-order valence-electron chi connectivity index (χ1n) is 12.6. The maximum absolute atomic E-state index is 11.7. The molecule has 0 unspecified atom stereocenters. The number of hydrogen-bond acceptors (Lipinski definition) is 7. The largest absolute Gasteiger partial charge is 0.493 e. The number of carbonyl (C=O) groups excluding carboxylic acids is 1. The summed E-state index contributed by atoms with van der Waals surface area (Å²) in [5.74, 6) is 1.95. The third-order valence-electron chi connectivity index (χ3n) is 6.68. The molecule has 4 heterocycles. The van der Waals surface area contributed by atoms with Crippen molar-refractivity contribution >= 4 is 16.9 Å². The van der Waals surface area contributed by atoms with E-state index in [9.17, 15) is 4.79 Å². The van der Waals surface area contributed by atoms with Gasteiger partial charge in [-0.3, -0.25) is 4.79 Å². The third kappa shape index (κ3) is 5.73. The second-order valence-corrected chi connectivity index (χ2v) is 9.54. The molecule has 9 nitrogen and oxygen atoms in total. The molecule has 9 heteroatoms. The molecule has 2 aliphatic heterocycles. The maximum Gasteiger partial charge on any atom is 0.241 e. The summed E-state index contributed by atoms with van der Waals surface area (Å²) < 4.78 is 19.2. The molecule has 2 saturated heterocycles. The van der Waals surface area contributed by atoms with Gasteiger partial charge in [0.25, 0.3) is 0 Å². The van der Waals surface area contributed by atoms with E-state index in [1.54, 1.807) is 14.2 Å². The van der Waals surface area contributed by atoms with E-state index < -0.39 is 0 Å². The van der Waals surface area contributed by atoms with Crippen molar-refractivity contribution in [3.05, 3.63) is 30.6 Å². The Balaban J connectivity index is 0.000000543. The Morgan fingerprint density at radius 2 is 1.81 bits per heavy atom. The molecule has 0 spiro atoms. The molecule has 0 bridgehead atoms. The number of fused-ring (bicyclic) bond motifs is 1. The number of ether oxygens (including phenoxy) is 3. The topological polar surface area (TPSA) is 99.5 Å². The Morgan fingerprint density at radius 1 is 1.06 bits per heavy atom.